The van der Waals surface area contributed by atoms with Gasteiger partial charge in [-0.1, -0.05) is 6.07 Å². The summed E-state index contributed by atoms with van der Waals surface area (Å²) in [6, 6.07) is 5.02. The van der Waals surface area contributed by atoms with Crippen molar-refractivity contribution in [2.45, 2.75) is 26.8 Å². The first kappa shape index (κ1) is 9.38. The van der Waals surface area contributed by atoms with Gasteiger partial charge in [0.1, 0.15) is 0 Å². The Balaban J connectivity index is 2.53. The summed E-state index contributed by atoms with van der Waals surface area (Å²) in [6.45, 7) is 7.62. The molecular weight excluding hydrogens is 172 g/mol. The Hall–Kier alpha value is -1.18. The van der Waals surface area contributed by atoms with Crippen molar-refractivity contribution in [1.29, 1.82) is 0 Å². The van der Waals surface area contributed by atoms with Gasteiger partial charge in [0, 0.05) is 19.6 Å². The minimum atomic E-state index is 0.536. The zero-order valence-electron chi connectivity index (χ0n) is 9.39. The fraction of sp³-hybridized carbons (Fsp3) is 0.500. The molecule has 2 heteroatoms. The number of nitrogens with one attached hydrogen (secondary N) is 1. The van der Waals surface area contributed by atoms with E-state index in [2.05, 4.69) is 50.2 Å². The fourth-order valence-corrected chi connectivity index (χ4v) is 2.24. The van der Waals surface area contributed by atoms with Crippen molar-refractivity contribution >= 4 is 11.4 Å². The molecule has 0 aromatic heterocycles. The van der Waals surface area contributed by atoms with Crippen LogP contribution in [0.2, 0.25) is 0 Å². The van der Waals surface area contributed by atoms with Gasteiger partial charge in [-0.05, 0) is 38.0 Å². The van der Waals surface area contributed by atoms with E-state index in [9.17, 15) is 0 Å². The number of hydrogen-bond donors (Lipinski definition) is 1. The van der Waals surface area contributed by atoms with E-state index in [1.54, 1.807) is 0 Å². The maximum absolute atomic E-state index is 3.54. The van der Waals surface area contributed by atoms with Gasteiger partial charge in [0.15, 0.2) is 0 Å². The molecule has 1 heterocycles. The van der Waals surface area contributed by atoms with Crippen LogP contribution in [-0.2, 0) is 0 Å². The van der Waals surface area contributed by atoms with Crippen molar-refractivity contribution in [2.24, 2.45) is 0 Å². The van der Waals surface area contributed by atoms with E-state index in [0.717, 1.165) is 6.54 Å². The summed E-state index contributed by atoms with van der Waals surface area (Å²) in [5, 5.41) is 3.54. The average Bonchev–Trinajstić information content (AvgIpc) is 2.07. The molecule has 2 nitrogen and oxygen atoms in total. The largest absolute Gasteiger partial charge is 0.379 e. The molecule has 1 N–H and O–H groups in total. The predicted octanol–water partition coefficient (Wildman–Crippen LogP) is 2.55. The normalized spacial score (nSPS) is 20.3. The summed E-state index contributed by atoms with van der Waals surface area (Å²) in [5.41, 5.74) is 5.32. The molecule has 0 amide bonds. The molecule has 1 aliphatic heterocycles. The summed E-state index contributed by atoms with van der Waals surface area (Å²) in [6.07, 6.45) is 0. The summed E-state index contributed by atoms with van der Waals surface area (Å²) in [4.78, 5) is 2.33. The van der Waals surface area contributed by atoms with Crippen molar-refractivity contribution in [3.05, 3.63) is 23.3 Å². The van der Waals surface area contributed by atoms with E-state index in [0.29, 0.717) is 6.04 Å². The van der Waals surface area contributed by atoms with Crippen LogP contribution in [0.25, 0.3) is 0 Å². The zero-order chi connectivity index (χ0) is 10.3. The highest BCUT2D eigenvalue weighted by atomic mass is 15.2. The van der Waals surface area contributed by atoms with Crippen LogP contribution in [0.4, 0.5) is 11.4 Å². The quantitative estimate of drug-likeness (QED) is 0.676. The first-order valence-corrected chi connectivity index (χ1v) is 5.17. The highest BCUT2D eigenvalue weighted by molar-refractivity contribution is 5.76. The SMILES string of the molecule is Cc1cc(C)c2c(c1)N(C)CC(C)N2. The maximum atomic E-state index is 3.54. The third-order valence-corrected chi connectivity index (χ3v) is 2.81. The van der Waals surface area contributed by atoms with E-state index in [1.165, 1.54) is 22.5 Å². The third-order valence-electron chi connectivity index (χ3n) is 2.81. The Labute approximate surface area is 85.9 Å². The molecule has 0 bridgehead atoms. The molecule has 0 fully saturated rings. The van der Waals surface area contributed by atoms with E-state index in [1.807, 2.05) is 0 Å². The second-order valence-corrected chi connectivity index (χ2v) is 4.40. The lowest BCUT2D eigenvalue weighted by Gasteiger charge is -2.34. The minimum Gasteiger partial charge on any atom is -0.379 e. The van der Waals surface area contributed by atoms with Crippen LogP contribution in [0.15, 0.2) is 12.1 Å². The first-order chi connectivity index (χ1) is 6.58. The molecule has 1 aromatic rings. The van der Waals surface area contributed by atoms with Crippen LogP contribution < -0.4 is 10.2 Å². The Bertz CT molecular complexity index is 358. The molecular formula is C12H18N2. The summed E-state index contributed by atoms with van der Waals surface area (Å²) in [5.74, 6) is 0. The van der Waals surface area contributed by atoms with Gasteiger partial charge < -0.3 is 10.2 Å². The zero-order valence-corrected chi connectivity index (χ0v) is 9.39. The Morgan fingerprint density at radius 3 is 2.79 bits per heavy atom. The van der Waals surface area contributed by atoms with Crippen molar-refractivity contribution in [3.63, 3.8) is 0 Å². The summed E-state index contributed by atoms with van der Waals surface area (Å²) < 4.78 is 0. The van der Waals surface area contributed by atoms with Gasteiger partial charge >= 0.3 is 0 Å². The van der Waals surface area contributed by atoms with Crippen molar-refractivity contribution in [3.8, 4) is 0 Å². The number of likely N-dealkylation sites (N-methyl/N-ethyl adjacent to an activating group) is 1. The number of fused-ring (bicyclic) bond motifs is 1. The first-order valence-electron chi connectivity index (χ1n) is 5.17. The Morgan fingerprint density at radius 1 is 1.36 bits per heavy atom. The fourth-order valence-electron chi connectivity index (χ4n) is 2.24. The lowest BCUT2D eigenvalue weighted by molar-refractivity contribution is 0.736. The molecule has 0 aliphatic carbocycles. The van der Waals surface area contributed by atoms with E-state index in [-0.39, 0.29) is 0 Å². The van der Waals surface area contributed by atoms with Gasteiger partial charge in [-0.2, -0.15) is 0 Å². The minimum absolute atomic E-state index is 0.536. The van der Waals surface area contributed by atoms with Crippen LogP contribution in [-0.4, -0.2) is 19.6 Å². The number of aryl methyl sites for hydroxylation is 2. The standard InChI is InChI=1S/C12H18N2/c1-8-5-9(2)12-11(6-8)14(4)7-10(3)13-12/h5-6,10,13H,7H2,1-4H3. The second kappa shape index (κ2) is 3.19. The number of rotatable bonds is 0. The average molecular weight is 190 g/mol. The van der Waals surface area contributed by atoms with Crippen LogP contribution in [0.5, 0.6) is 0 Å². The molecule has 1 aliphatic rings. The molecule has 14 heavy (non-hydrogen) atoms. The highest BCUT2D eigenvalue weighted by Gasteiger charge is 2.19. The number of benzene rings is 1. The summed E-state index contributed by atoms with van der Waals surface area (Å²) in [7, 11) is 2.16. The Morgan fingerprint density at radius 2 is 2.07 bits per heavy atom. The molecule has 1 unspecified atom stereocenters. The highest BCUT2D eigenvalue weighted by Crippen LogP contribution is 2.33. The molecule has 1 atom stereocenters. The van der Waals surface area contributed by atoms with E-state index in [4.69, 9.17) is 0 Å². The molecule has 2 rings (SSSR count). The second-order valence-electron chi connectivity index (χ2n) is 4.40. The molecule has 0 spiro atoms. The van der Waals surface area contributed by atoms with E-state index < -0.39 is 0 Å². The van der Waals surface area contributed by atoms with Crippen LogP contribution in [0.1, 0.15) is 18.1 Å². The van der Waals surface area contributed by atoms with Gasteiger partial charge in [0.05, 0.1) is 11.4 Å². The van der Waals surface area contributed by atoms with Crippen LogP contribution >= 0.6 is 0 Å². The van der Waals surface area contributed by atoms with E-state index >= 15 is 0 Å². The van der Waals surface area contributed by atoms with Crippen molar-refractivity contribution in [2.75, 3.05) is 23.8 Å². The topological polar surface area (TPSA) is 15.3 Å². The third kappa shape index (κ3) is 1.45. The molecule has 0 saturated carbocycles. The molecule has 0 radical (unpaired) electrons. The van der Waals surface area contributed by atoms with Gasteiger partial charge in [-0.15, -0.1) is 0 Å². The van der Waals surface area contributed by atoms with Crippen molar-refractivity contribution in [1.82, 2.24) is 0 Å². The molecule has 1 aromatic carbocycles. The van der Waals surface area contributed by atoms with Gasteiger partial charge in [0.2, 0.25) is 0 Å². The number of hydrogen-bond acceptors (Lipinski definition) is 2. The number of anilines is 2. The van der Waals surface area contributed by atoms with Gasteiger partial charge in [-0.3, -0.25) is 0 Å². The van der Waals surface area contributed by atoms with Gasteiger partial charge in [0.25, 0.3) is 0 Å². The molecule has 76 valence electrons. The van der Waals surface area contributed by atoms with Crippen LogP contribution in [0, 0.1) is 13.8 Å². The smallest absolute Gasteiger partial charge is 0.0610 e. The molecule has 0 saturated heterocycles. The predicted molar refractivity (Wildman–Crippen MR) is 62.3 cm³/mol. The Kier molecular flexibility index (Phi) is 2.14. The van der Waals surface area contributed by atoms with Gasteiger partial charge in [-0.25, -0.2) is 0 Å². The lowest BCUT2D eigenvalue weighted by Crippen LogP contribution is -2.37. The van der Waals surface area contributed by atoms with Crippen molar-refractivity contribution < 1.29 is 0 Å². The summed E-state index contributed by atoms with van der Waals surface area (Å²) >= 11 is 0. The maximum Gasteiger partial charge on any atom is 0.0610 e. The lowest BCUT2D eigenvalue weighted by atomic mass is 10.0. The van der Waals surface area contributed by atoms with Crippen LogP contribution in [0.3, 0.4) is 0 Å². The number of nitrogens with zero attached hydrogens (tertiary/aromatic N) is 1. The monoisotopic (exact) mass is 190 g/mol.